The molecule has 6 heteroatoms. The van der Waals surface area contributed by atoms with Crippen molar-refractivity contribution in [1.29, 1.82) is 0 Å². The van der Waals surface area contributed by atoms with E-state index in [2.05, 4.69) is 25.4 Å². The molecule has 2 saturated heterocycles. The Hall–Kier alpha value is -1.14. The smallest absolute Gasteiger partial charge is 0.244 e. The van der Waals surface area contributed by atoms with Gasteiger partial charge in [-0.1, -0.05) is 0 Å². The van der Waals surface area contributed by atoms with Crippen LogP contribution in [0.4, 0.5) is 5.95 Å². The normalized spacial score (nSPS) is 24.7. The topological polar surface area (TPSA) is 66.1 Å². The Morgan fingerprint density at radius 2 is 2.22 bits per heavy atom. The molecule has 1 unspecified atom stereocenters. The lowest BCUT2D eigenvalue weighted by Gasteiger charge is -2.25. The van der Waals surface area contributed by atoms with Crippen LogP contribution in [0.25, 0.3) is 0 Å². The third kappa shape index (κ3) is 2.81. The molecule has 18 heavy (non-hydrogen) atoms. The molecule has 0 bridgehead atoms. The van der Waals surface area contributed by atoms with Crippen LogP contribution in [0.5, 0.6) is 0 Å². The number of H-pyrrole nitrogens is 1. The zero-order chi connectivity index (χ0) is 12.2. The molecule has 2 aliphatic rings. The van der Waals surface area contributed by atoms with Gasteiger partial charge in [-0.25, -0.2) is 0 Å². The minimum atomic E-state index is 0.428. The molecule has 0 radical (unpaired) electrons. The number of rotatable bonds is 4. The summed E-state index contributed by atoms with van der Waals surface area (Å²) in [6.45, 7) is 4.93. The highest BCUT2D eigenvalue weighted by Gasteiger charge is 2.18. The Bertz CT molecular complexity index is 368. The van der Waals surface area contributed by atoms with E-state index in [1.807, 2.05) is 0 Å². The van der Waals surface area contributed by atoms with Crippen molar-refractivity contribution in [3.63, 3.8) is 0 Å². The summed E-state index contributed by atoms with van der Waals surface area (Å²) in [5, 5.41) is 10.7. The Morgan fingerprint density at radius 1 is 1.33 bits per heavy atom. The van der Waals surface area contributed by atoms with Gasteiger partial charge >= 0.3 is 0 Å². The molecule has 0 saturated carbocycles. The first-order chi connectivity index (χ1) is 8.92. The lowest BCUT2D eigenvalue weighted by Crippen LogP contribution is -2.44. The Kier molecular flexibility index (Phi) is 3.75. The average molecular weight is 251 g/mol. The number of nitrogens with one attached hydrogen (secondary N) is 2. The summed E-state index contributed by atoms with van der Waals surface area (Å²) in [5.74, 6) is 1.83. The monoisotopic (exact) mass is 251 g/mol. The zero-order valence-corrected chi connectivity index (χ0v) is 10.7. The van der Waals surface area contributed by atoms with Crippen LogP contribution in [0.2, 0.25) is 0 Å². The van der Waals surface area contributed by atoms with Crippen LogP contribution in [-0.2, 0) is 11.2 Å². The zero-order valence-electron chi connectivity index (χ0n) is 10.7. The van der Waals surface area contributed by atoms with Crippen molar-refractivity contribution in [2.75, 3.05) is 37.7 Å². The Morgan fingerprint density at radius 3 is 3.00 bits per heavy atom. The number of hydrogen-bond acceptors (Lipinski definition) is 5. The number of nitrogens with zero attached hydrogens (tertiary/aromatic N) is 3. The third-order valence-electron chi connectivity index (χ3n) is 3.65. The molecule has 2 aliphatic heterocycles. The number of aryl methyl sites for hydroxylation is 1. The van der Waals surface area contributed by atoms with Crippen LogP contribution < -0.4 is 10.2 Å². The number of aromatic amines is 1. The standard InChI is InChI=1S/C12H21N5O/c1-2-10(18-9-1)3-4-11-14-12(16-15-11)17-7-5-13-6-8-17/h10,13H,1-9H2,(H,14,15,16). The number of aromatic nitrogens is 3. The van der Waals surface area contributed by atoms with Gasteiger partial charge in [0, 0.05) is 39.2 Å². The maximum absolute atomic E-state index is 5.62. The van der Waals surface area contributed by atoms with Gasteiger partial charge in [0.15, 0.2) is 0 Å². The first-order valence-electron chi connectivity index (χ1n) is 6.90. The van der Waals surface area contributed by atoms with Crippen molar-refractivity contribution in [2.45, 2.75) is 31.8 Å². The number of piperazine rings is 1. The van der Waals surface area contributed by atoms with E-state index in [0.717, 1.165) is 57.4 Å². The minimum absolute atomic E-state index is 0.428. The highest BCUT2D eigenvalue weighted by atomic mass is 16.5. The van der Waals surface area contributed by atoms with Gasteiger partial charge in [0.2, 0.25) is 5.95 Å². The van der Waals surface area contributed by atoms with E-state index in [1.165, 1.54) is 12.8 Å². The molecule has 0 aliphatic carbocycles. The van der Waals surface area contributed by atoms with Gasteiger partial charge in [-0.05, 0) is 19.3 Å². The van der Waals surface area contributed by atoms with Gasteiger partial charge in [0.05, 0.1) is 6.10 Å². The number of hydrogen-bond donors (Lipinski definition) is 2. The van der Waals surface area contributed by atoms with Gasteiger partial charge in [-0.2, -0.15) is 4.98 Å². The largest absolute Gasteiger partial charge is 0.378 e. The summed E-state index contributed by atoms with van der Waals surface area (Å²) in [5.41, 5.74) is 0. The van der Waals surface area contributed by atoms with E-state index in [-0.39, 0.29) is 0 Å². The highest BCUT2D eigenvalue weighted by molar-refractivity contribution is 5.29. The average Bonchev–Trinajstić information content (AvgIpc) is 3.09. The Balaban J connectivity index is 1.52. The van der Waals surface area contributed by atoms with E-state index >= 15 is 0 Å². The van der Waals surface area contributed by atoms with Crippen LogP contribution in [0.1, 0.15) is 25.1 Å². The molecule has 2 N–H and O–H groups in total. The van der Waals surface area contributed by atoms with Gasteiger partial charge in [-0.3, -0.25) is 5.10 Å². The molecule has 1 atom stereocenters. The molecule has 3 heterocycles. The third-order valence-corrected chi connectivity index (χ3v) is 3.65. The van der Waals surface area contributed by atoms with Crippen LogP contribution in [0, 0.1) is 0 Å². The molecule has 100 valence electrons. The van der Waals surface area contributed by atoms with E-state index in [9.17, 15) is 0 Å². The van der Waals surface area contributed by atoms with Crippen LogP contribution in [-0.4, -0.2) is 54.1 Å². The number of ether oxygens (including phenoxy) is 1. The molecular weight excluding hydrogens is 230 g/mol. The summed E-state index contributed by atoms with van der Waals surface area (Å²) in [7, 11) is 0. The van der Waals surface area contributed by atoms with Crippen LogP contribution >= 0.6 is 0 Å². The first kappa shape index (κ1) is 11.9. The SMILES string of the molecule is C1COC(CCc2nc(N3CCNCC3)n[nH]2)C1. The highest BCUT2D eigenvalue weighted by Crippen LogP contribution is 2.17. The van der Waals surface area contributed by atoms with E-state index in [4.69, 9.17) is 4.74 Å². The second-order valence-electron chi connectivity index (χ2n) is 4.99. The Labute approximate surface area is 107 Å². The maximum atomic E-state index is 5.62. The van der Waals surface area contributed by atoms with Gasteiger partial charge < -0.3 is 15.0 Å². The summed E-state index contributed by atoms with van der Waals surface area (Å²) in [6, 6.07) is 0. The summed E-state index contributed by atoms with van der Waals surface area (Å²) >= 11 is 0. The lowest BCUT2D eigenvalue weighted by atomic mass is 10.1. The second kappa shape index (κ2) is 5.67. The molecular formula is C12H21N5O. The fourth-order valence-corrected chi connectivity index (χ4v) is 2.57. The quantitative estimate of drug-likeness (QED) is 0.807. The van der Waals surface area contributed by atoms with Crippen molar-refractivity contribution < 1.29 is 4.74 Å². The molecule has 6 nitrogen and oxygen atoms in total. The summed E-state index contributed by atoms with van der Waals surface area (Å²) in [4.78, 5) is 6.80. The van der Waals surface area contributed by atoms with Crippen molar-refractivity contribution in [1.82, 2.24) is 20.5 Å². The lowest BCUT2D eigenvalue weighted by molar-refractivity contribution is 0.104. The van der Waals surface area contributed by atoms with Gasteiger partial charge in [0.25, 0.3) is 0 Å². The van der Waals surface area contributed by atoms with Crippen LogP contribution in [0.3, 0.4) is 0 Å². The number of anilines is 1. The maximum Gasteiger partial charge on any atom is 0.244 e. The van der Waals surface area contributed by atoms with E-state index < -0.39 is 0 Å². The van der Waals surface area contributed by atoms with Gasteiger partial charge in [0.1, 0.15) is 5.82 Å². The molecule has 3 rings (SSSR count). The van der Waals surface area contributed by atoms with Crippen molar-refractivity contribution in [2.24, 2.45) is 0 Å². The molecule has 0 aromatic carbocycles. The first-order valence-corrected chi connectivity index (χ1v) is 6.90. The van der Waals surface area contributed by atoms with E-state index in [1.54, 1.807) is 0 Å². The fraction of sp³-hybridized carbons (Fsp3) is 0.833. The summed E-state index contributed by atoms with van der Waals surface area (Å²) in [6.07, 6.45) is 4.81. The molecule has 1 aromatic rings. The van der Waals surface area contributed by atoms with Crippen molar-refractivity contribution in [3.05, 3.63) is 5.82 Å². The second-order valence-corrected chi connectivity index (χ2v) is 4.99. The molecule has 0 amide bonds. The predicted octanol–water partition coefficient (Wildman–Crippen LogP) is 0.326. The fourth-order valence-electron chi connectivity index (χ4n) is 2.57. The molecule has 2 fully saturated rings. The van der Waals surface area contributed by atoms with Crippen molar-refractivity contribution >= 4 is 5.95 Å². The summed E-state index contributed by atoms with van der Waals surface area (Å²) < 4.78 is 5.62. The molecule has 1 aromatic heterocycles. The minimum Gasteiger partial charge on any atom is -0.378 e. The van der Waals surface area contributed by atoms with Gasteiger partial charge in [-0.15, -0.1) is 5.10 Å². The predicted molar refractivity (Wildman–Crippen MR) is 68.8 cm³/mol. The van der Waals surface area contributed by atoms with Crippen LogP contribution in [0.15, 0.2) is 0 Å². The van der Waals surface area contributed by atoms with Crippen molar-refractivity contribution in [3.8, 4) is 0 Å². The molecule has 0 spiro atoms. The van der Waals surface area contributed by atoms with E-state index in [0.29, 0.717) is 6.10 Å².